The predicted molar refractivity (Wildman–Crippen MR) is 49.4 cm³/mol. The maximum atomic E-state index is 12.7. The molecule has 0 aromatic heterocycles. The number of nitrogens with two attached hydrogens (primary N) is 1. The first-order valence-corrected chi connectivity index (χ1v) is 2.94. The maximum Gasteiger partial charge on any atom is 0.137 e. The Balaban J connectivity index is 0.00000121. The zero-order valence-corrected chi connectivity index (χ0v) is 7.76. The first-order chi connectivity index (χ1) is 5.11. The quantitative estimate of drug-likeness (QED) is 0.508. The van der Waals surface area contributed by atoms with E-state index < -0.39 is 5.82 Å². The van der Waals surface area contributed by atoms with E-state index in [-0.39, 0.29) is 34.1 Å². The van der Waals surface area contributed by atoms with E-state index in [4.69, 9.17) is 16.2 Å². The van der Waals surface area contributed by atoms with Crippen LogP contribution in [0.1, 0.15) is 5.56 Å². The summed E-state index contributed by atoms with van der Waals surface area (Å²) in [6.45, 7) is 0. The summed E-state index contributed by atoms with van der Waals surface area (Å²) >= 11 is 0. The van der Waals surface area contributed by atoms with Gasteiger partial charge in [-0.25, -0.2) is 4.39 Å². The van der Waals surface area contributed by atoms with Crippen molar-refractivity contribution in [2.75, 3.05) is 0 Å². The largest absolute Gasteiger partial charge is 0.508 e. The van der Waals surface area contributed by atoms with Crippen molar-refractivity contribution in [1.82, 2.24) is 0 Å². The lowest BCUT2D eigenvalue weighted by molar-refractivity contribution is 0.469. The fourth-order valence-electron chi connectivity index (χ4n) is 0.722. The van der Waals surface area contributed by atoms with Crippen LogP contribution in [0.15, 0.2) is 18.2 Å². The molecule has 0 heterocycles. The van der Waals surface area contributed by atoms with Crippen molar-refractivity contribution in [2.45, 2.75) is 0 Å². The molecule has 0 aliphatic carbocycles. The van der Waals surface area contributed by atoms with Gasteiger partial charge >= 0.3 is 0 Å². The molecule has 0 radical (unpaired) electrons. The number of benzene rings is 1. The molecule has 0 aliphatic heterocycles. The minimum atomic E-state index is -0.683. The third-order valence-corrected chi connectivity index (χ3v) is 1.24. The van der Waals surface area contributed by atoms with E-state index in [9.17, 15) is 4.39 Å². The molecule has 4 N–H and O–H groups in total. The summed E-state index contributed by atoms with van der Waals surface area (Å²) in [5.41, 5.74) is 5.03. The van der Waals surface area contributed by atoms with Crippen molar-refractivity contribution in [3.63, 3.8) is 0 Å². The summed E-state index contributed by atoms with van der Waals surface area (Å²) in [7, 11) is 0. The van der Waals surface area contributed by atoms with E-state index in [1.165, 1.54) is 12.1 Å². The van der Waals surface area contributed by atoms with E-state index in [1.54, 1.807) is 0 Å². The van der Waals surface area contributed by atoms with Gasteiger partial charge < -0.3 is 10.8 Å². The summed E-state index contributed by atoms with van der Waals surface area (Å²) in [6, 6.07) is 3.45. The van der Waals surface area contributed by atoms with Crippen LogP contribution in [0.25, 0.3) is 0 Å². The molecule has 0 fully saturated rings. The highest BCUT2D eigenvalue weighted by Crippen LogP contribution is 2.13. The minimum Gasteiger partial charge on any atom is -0.508 e. The zero-order valence-electron chi connectivity index (χ0n) is 6.04. The second-order valence-corrected chi connectivity index (χ2v) is 2.08. The van der Waals surface area contributed by atoms with E-state index in [0.29, 0.717) is 0 Å². The van der Waals surface area contributed by atoms with Crippen LogP contribution in [-0.2, 0) is 0 Å². The third kappa shape index (κ3) is 2.20. The first-order valence-electron chi connectivity index (χ1n) is 2.94. The van der Waals surface area contributed by atoms with Gasteiger partial charge in [0.25, 0.3) is 0 Å². The number of aromatic hydroxyl groups is 1. The Morgan fingerprint density at radius 3 is 2.50 bits per heavy atom. The molecule has 0 aliphatic rings. The van der Waals surface area contributed by atoms with Gasteiger partial charge in [-0.1, -0.05) is 0 Å². The predicted octanol–water partition coefficient (Wildman–Crippen LogP) is 1.39. The molecule has 0 amide bonds. The summed E-state index contributed by atoms with van der Waals surface area (Å²) in [6.07, 6.45) is 0. The molecule has 1 rings (SSSR count). The van der Waals surface area contributed by atoms with E-state index in [1.807, 2.05) is 0 Å². The normalized spacial score (nSPS) is 8.75. The number of phenolic OH excluding ortho intramolecular Hbond substituents is 1. The monoisotopic (exact) mass is 234 g/mol. The van der Waals surface area contributed by atoms with Gasteiger partial charge in [-0.3, -0.25) is 5.41 Å². The Morgan fingerprint density at radius 1 is 1.50 bits per heavy atom. The second kappa shape index (κ2) is 4.06. The van der Waals surface area contributed by atoms with Gasteiger partial charge in [0.1, 0.15) is 17.4 Å². The van der Waals surface area contributed by atoms with Crippen LogP contribution in [0.3, 0.4) is 0 Å². The highest BCUT2D eigenvalue weighted by Gasteiger charge is 2.04. The zero-order chi connectivity index (χ0) is 8.43. The standard InChI is InChI=1S/C7H7FN2O.BrH/c8-6-3-4(11)1-2-5(6)7(9)10;/h1-3,11H,(H3,9,10);1H. The molecule has 0 unspecified atom stereocenters. The molecule has 66 valence electrons. The van der Waals surface area contributed by atoms with Crippen molar-refractivity contribution < 1.29 is 9.50 Å². The fourth-order valence-corrected chi connectivity index (χ4v) is 0.722. The molecule has 0 bridgehead atoms. The van der Waals surface area contributed by atoms with E-state index in [0.717, 1.165) is 6.07 Å². The van der Waals surface area contributed by atoms with Gasteiger partial charge in [0, 0.05) is 6.07 Å². The van der Waals surface area contributed by atoms with Crippen LogP contribution in [0.2, 0.25) is 0 Å². The van der Waals surface area contributed by atoms with Crippen LogP contribution in [0.5, 0.6) is 5.75 Å². The molecule has 0 saturated carbocycles. The first kappa shape index (κ1) is 10.9. The van der Waals surface area contributed by atoms with Gasteiger partial charge in [0.15, 0.2) is 0 Å². The summed E-state index contributed by atoms with van der Waals surface area (Å²) in [5.74, 6) is -1.20. The van der Waals surface area contributed by atoms with E-state index in [2.05, 4.69) is 0 Å². The Kier molecular flexibility index (Phi) is 3.69. The highest BCUT2D eigenvalue weighted by molar-refractivity contribution is 8.93. The smallest absolute Gasteiger partial charge is 0.137 e. The van der Waals surface area contributed by atoms with E-state index >= 15 is 0 Å². The van der Waals surface area contributed by atoms with Gasteiger partial charge in [-0.05, 0) is 12.1 Å². The van der Waals surface area contributed by atoms with Crippen molar-refractivity contribution in [3.05, 3.63) is 29.6 Å². The van der Waals surface area contributed by atoms with Crippen LogP contribution in [0, 0.1) is 11.2 Å². The Morgan fingerprint density at radius 2 is 2.08 bits per heavy atom. The molecular weight excluding hydrogens is 227 g/mol. The van der Waals surface area contributed by atoms with Gasteiger partial charge in [-0.2, -0.15) is 0 Å². The Labute approximate surface area is 79.3 Å². The van der Waals surface area contributed by atoms with Crippen LogP contribution >= 0.6 is 17.0 Å². The molecule has 3 nitrogen and oxygen atoms in total. The number of amidine groups is 1. The highest BCUT2D eigenvalue weighted by atomic mass is 79.9. The van der Waals surface area contributed by atoms with Crippen LogP contribution in [0.4, 0.5) is 4.39 Å². The molecule has 1 aromatic rings. The van der Waals surface area contributed by atoms with Crippen molar-refractivity contribution >= 4 is 22.8 Å². The third-order valence-electron chi connectivity index (χ3n) is 1.24. The summed E-state index contributed by atoms with van der Waals surface area (Å²) in [4.78, 5) is 0. The van der Waals surface area contributed by atoms with Crippen molar-refractivity contribution in [2.24, 2.45) is 5.73 Å². The van der Waals surface area contributed by atoms with Gasteiger partial charge in [-0.15, -0.1) is 17.0 Å². The lowest BCUT2D eigenvalue weighted by Gasteiger charge is -1.99. The minimum absolute atomic E-state index is 0. The number of phenols is 1. The lowest BCUT2D eigenvalue weighted by atomic mass is 10.2. The number of rotatable bonds is 1. The van der Waals surface area contributed by atoms with Crippen molar-refractivity contribution in [3.8, 4) is 5.75 Å². The number of hydrogen-bond donors (Lipinski definition) is 3. The average molecular weight is 235 g/mol. The average Bonchev–Trinajstić information content (AvgIpc) is 1.85. The lowest BCUT2D eigenvalue weighted by Crippen LogP contribution is -2.12. The Bertz CT molecular complexity index is 303. The summed E-state index contributed by atoms with van der Waals surface area (Å²) in [5, 5.41) is 15.7. The van der Waals surface area contributed by atoms with Gasteiger partial charge in [0.2, 0.25) is 0 Å². The topological polar surface area (TPSA) is 70.1 Å². The molecule has 1 aromatic carbocycles. The fraction of sp³-hybridized carbons (Fsp3) is 0. The molecular formula is C7H8BrFN2O. The Hall–Kier alpha value is -1.10. The SMILES string of the molecule is Br.N=C(N)c1ccc(O)cc1F. The maximum absolute atomic E-state index is 12.7. The number of nitrogens with one attached hydrogen (secondary N) is 1. The van der Waals surface area contributed by atoms with Crippen molar-refractivity contribution in [1.29, 1.82) is 5.41 Å². The second-order valence-electron chi connectivity index (χ2n) is 2.08. The van der Waals surface area contributed by atoms with Crippen LogP contribution in [-0.4, -0.2) is 10.9 Å². The molecule has 12 heavy (non-hydrogen) atoms. The number of halogens is 2. The number of hydrogen-bond acceptors (Lipinski definition) is 2. The molecule has 5 heteroatoms. The summed E-state index contributed by atoms with van der Waals surface area (Å²) < 4.78 is 12.7. The number of nitrogen functional groups attached to an aromatic ring is 1. The molecule has 0 atom stereocenters. The molecule has 0 saturated heterocycles. The molecule has 0 spiro atoms. The van der Waals surface area contributed by atoms with Crippen LogP contribution < -0.4 is 5.73 Å². The van der Waals surface area contributed by atoms with Gasteiger partial charge in [0.05, 0.1) is 5.56 Å².